The lowest BCUT2D eigenvalue weighted by atomic mass is 9.90. The average molecular weight is 330 g/mol. The van der Waals surface area contributed by atoms with Crippen LogP contribution in [0.25, 0.3) is 6.08 Å². The number of ether oxygens (including phenoxy) is 1. The van der Waals surface area contributed by atoms with Gasteiger partial charge in [-0.25, -0.2) is 4.39 Å². The van der Waals surface area contributed by atoms with E-state index >= 15 is 0 Å². The number of phenolic OH excluding ortho intramolecular Hbond substituents is 1. The predicted octanol–water partition coefficient (Wildman–Crippen LogP) is 5.64. The Balaban J connectivity index is 2.03. The zero-order valence-electron chi connectivity index (χ0n) is 14.8. The summed E-state index contributed by atoms with van der Waals surface area (Å²) >= 11 is 0. The number of hydrogen-bond acceptors (Lipinski definition) is 2. The molecule has 1 atom stereocenters. The first-order valence-corrected chi connectivity index (χ1v) is 8.61. The van der Waals surface area contributed by atoms with Gasteiger partial charge in [0, 0.05) is 0 Å². The summed E-state index contributed by atoms with van der Waals surface area (Å²) in [6.07, 6.45) is 6.94. The van der Waals surface area contributed by atoms with Crippen LogP contribution in [0.4, 0.5) is 4.39 Å². The number of benzene rings is 1. The van der Waals surface area contributed by atoms with E-state index < -0.39 is 5.82 Å². The maximum atomic E-state index is 13.5. The van der Waals surface area contributed by atoms with Gasteiger partial charge in [0.2, 0.25) is 0 Å². The van der Waals surface area contributed by atoms with Gasteiger partial charge in [0.15, 0.2) is 11.6 Å². The fourth-order valence-electron chi connectivity index (χ4n) is 2.90. The lowest BCUT2D eigenvalue weighted by Gasteiger charge is -2.19. The number of halogens is 1. The minimum atomic E-state index is -0.586. The molecule has 130 valence electrons. The summed E-state index contributed by atoms with van der Waals surface area (Å²) in [5.74, 6) is -0.482. The molecule has 1 aliphatic rings. The molecule has 1 aromatic rings. The SMILES string of the molecule is C=C(C1=CCOC1CC/C(=C/c1ccc(O)c(F)c1)CC)C(C)C. The summed E-state index contributed by atoms with van der Waals surface area (Å²) in [7, 11) is 0. The van der Waals surface area contributed by atoms with Crippen LogP contribution >= 0.6 is 0 Å². The van der Waals surface area contributed by atoms with Crippen molar-refractivity contribution in [3.63, 3.8) is 0 Å². The molecule has 1 N–H and O–H groups in total. The van der Waals surface area contributed by atoms with Gasteiger partial charge >= 0.3 is 0 Å². The first kappa shape index (κ1) is 18.5. The second-order valence-corrected chi connectivity index (χ2v) is 6.57. The van der Waals surface area contributed by atoms with Crippen LogP contribution in [0.5, 0.6) is 5.75 Å². The molecule has 0 aromatic heterocycles. The first-order valence-electron chi connectivity index (χ1n) is 8.61. The highest BCUT2D eigenvalue weighted by molar-refractivity contribution is 5.54. The van der Waals surface area contributed by atoms with Crippen molar-refractivity contribution >= 4 is 6.08 Å². The molecule has 24 heavy (non-hydrogen) atoms. The molecule has 0 radical (unpaired) electrons. The second kappa shape index (κ2) is 8.29. The van der Waals surface area contributed by atoms with E-state index in [0.29, 0.717) is 12.5 Å². The van der Waals surface area contributed by atoms with Crippen molar-refractivity contribution < 1.29 is 14.2 Å². The first-order chi connectivity index (χ1) is 11.4. The highest BCUT2D eigenvalue weighted by Crippen LogP contribution is 2.30. The van der Waals surface area contributed by atoms with Gasteiger partial charge in [-0.2, -0.15) is 0 Å². The van der Waals surface area contributed by atoms with Crippen LogP contribution in [0.15, 0.2) is 47.6 Å². The fraction of sp³-hybridized carbons (Fsp3) is 0.429. The van der Waals surface area contributed by atoms with Gasteiger partial charge in [0.1, 0.15) is 0 Å². The molecule has 2 rings (SSSR count). The molecule has 1 unspecified atom stereocenters. The smallest absolute Gasteiger partial charge is 0.165 e. The monoisotopic (exact) mass is 330 g/mol. The zero-order chi connectivity index (χ0) is 17.7. The Morgan fingerprint density at radius 3 is 2.83 bits per heavy atom. The molecule has 0 saturated carbocycles. The highest BCUT2D eigenvalue weighted by atomic mass is 19.1. The van der Waals surface area contributed by atoms with Crippen molar-refractivity contribution in [2.45, 2.75) is 46.1 Å². The van der Waals surface area contributed by atoms with E-state index in [4.69, 9.17) is 4.74 Å². The van der Waals surface area contributed by atoms with Gasteiger partial charge in [-0.05, 0) is 54.0 Å². The molecule has 3 heteroatoms. The Morgan fingerprint density at radius 2 is 2.21 bits per heavy atom. The Hall–Kier alpha value is -1.87. The standard InChI is InChI=1S/C21H27FO2/c1-5-16(12-17-6-8-20(23)19(22)13-17)7-9-21-18(10-11-24-21)15(4)14(2)3/h6,8,10,12-14,21,23H,4-5,7,9,11H2,1-3H3/b16-12+. The molecule has 1 heterocycles. The van der Waals surface area contributed by atoms with E-state index in [1.165, 1.54) is 23.3 Å². The Labute approximate surface area is 144 Å². The van der Waals surface area contributed by atoms with Crippen LogP contribution in [0.1, 0.15) is 45.6 Å². The van der Waals surface area contributed by atoms with Crippen molar-refractivity contribution in [2.75, 3.05) is 6.61 Å². The van der Waals surface area contributed by atoms with Crippen LogP contribution in [-0.2, 0) is 4.74 Å². The van der Waals surface area contributed by atoms with Gasteiger partial charge in [-0.1, -0.05) is 51.1 Å². The molecule has 0 saturated heterocycles. The number of rotatable bonds is 7. The summed E-state index contributed by atoms with van der Waals surface area (Å²) < 4.78 is 19.3. The van der Waals surface area contributed by atoms with Crippen molar-refractivity contribution in [3.8, 4) is 5.75 Å². The second-order valence-electron chi connectivity index (χ2n) is 6.57. The van der Waals surface area contributed by atoms with Crippen molar-refractivity contribution in [3.05, 3.63) is 59.0 Å². The predicted molar refractivity (Wildman–Crippen MR) is 97.4 cm³/mol. The number of aromatic hydroxyl groups is 1. The van der Waals surface area contributed by atoms with Crippen LogP contribution in [0.3, 0.4) is 0 Å². The maximum absolute atomic E-state index is 13.5. The lowest BCUT2D eigenvalue weighted by Crippen LogP contribution is -2.13. The fourth-order valence-corrected chi connectivity index (χ4v) is 2.90. The highest BCUT2D eigenvalue weighted by Gasteiger charge is 2.23. The topological polar surface area (TPSA) is 29.5 Å². The molecular formula is C21H27FO2. The van der Waals surface area contributed by atoms with Crippen molar-refractivity contribution in [1.82, 2.24) is 0 Å². The third-order valence-electron chi connectivity index (χ3n) is 4.54. The van der Waals surface area contributed by atoms with Crippen LogP contribution in [0.2, 0.25) is 0 Å². The van der Waals surface area contributed by atoms with Gasteiger partial charge in [0.25, 0.3) is 0 Å². The lowest BCUT2D eigenvalue weighted by molar-refractivity contribution is 0.116. The van der Waals surface area contributed by atoms with E-state index in [9.17, 15) is 9.50 Å². The average Bonchev–Trinajstić information content (AvgIpc) is 3.02. The maximum Gasteiger partial charge on any atom is 0.165 e. The van der Waals surface area contributed by atoms with Crippen LogP contribution in [-0.4, -0.2) is 17.8 Å². The van der Waals surface area contributed by atoms with E-state index in [-0.39, 0.29) is 11.9 Å². The minimum absolute atomic E-state index is 0.103. The summed E-state index contributed by atoms with van der Waals surface area (Å²) in [6, 6.07) is 4.48. The number of hydrogen-bond donors (Lipinski definition) is 1. The summed E-state index contributed by atoms with van der Waals surface area (Å²) in [5, 5.41) is 9.28. The van der Waals surface area contributed by atoms with Gasteiger partial charge < -0.3 is 9.84 Å². The third-order valence-corrected chi connectivity index (χ3v) is 4.54. The molecule has 2 nitrogen and oxygen atoms in total. The van der Waals surface area contributed by atoms with Gasteiger partial charge in [-0.15, -0.1) is 0 Å². The van der Waals surface area contributed by atoms with E-state index in [1.54, 1.807) is 6.07 Å². The third kappa shape index (κ3) is 4.57. The Morgan fingerprint density at radius 1 is 1.46 bits per heavy atom. The molecular weight excluding hydrogens is 303 g/mol. The molecule has 0 aliphatic carbocycles. The van der Waals surface area contributed by atoms with E-state index in [1.807, 2.05) is 6.08 Å². The summed E-state index contributed by atoms with van der Waals surface area (Å²) in [5.41, 5.74) is 4.40. The largest absolute Gasteiger partial charge is 0.505 e. The summed E-state index contributed by atoms with van der Waals surface area (Å²) in [4.78, 5) is 0. The van der Waals surface area contributed by atoms with Crippen molar-refractivity contribution in [2.24, 2.45) is 5.92 Å². The minimum Gasteiger partial charge on any atom is -0.505 e. The van der Waals surface area contributed by atoms with Crippen LogP contribution in [0, 0.1) is 11.7 Å². The Kier molecular flexibility index (Phi) is 6.38. The molecule has 0 amide bonds. The van der Waals surface area contributed by atoms with E-state index in [0.717, 1.165) is 30.4 Å². The normalized spacial score (nSPS) is 18.1. The molecule has 0 spiro atoms. The molecule has 0 bridgehead atoms. The van der Waals surface area contributed by atoms with Crippen LogP contribution < -0.4 is 0 Å². The van der Waals surface area contributed by atoms with Gasteiger partial charge in [0.05, 0.1) is 12.7 Å². The Bertz CT molecular complexity index is 656. The molecule has 1 aliphatic heterocycles. The zero-order valence-corrected chi connectivity index (χ0v) is 14.8. The quantitative estimate of drug-likeness (QED) is 0.701. The van der Waals surface area contributed by atoms with Crippen molar-refractivity contribution in [1.29, 1.82) is 0 Å². The summed E-state index contributed by atoms with van der Waals surface area (Å²) in [6.45, 7) is 11.2. The molecule has 0 fully saturated rings. The number of allylic oxidation sites excluding steroid dienone is 1. The van der Waals surface area contributed by atoms with Gasteiger partial charge in [-0.3, -0.25) is 0 Å². The van der Waals surface area contributed by atoms with E-state index in [2.05, 4.69) is 33.4 Å². The number of phenols is 1. The molecule has 1 aromatic carbocycles.